The number of furan rings is 1. The molecule has 30 heavy (non-hydrogen) atoms. The zero-order chi connectivity index (χ0) is 21.2. The molecule has 0 aliphatic carbocycles. The number of thioether (sulfide) groups is 1. The van der Waals surface area contributed by atoms with Crippen LogP contribution in [0.5, 0.6) is 5.75 Å². The van der Waals surface area contributed by atoms with Gasteiger partial charge in [0.1, 0.15) is 18.1 Å². The molecule has 0 amide bonds. The maximum Gasteiger partial charge on any atom is 0.373 e. The Kier molecular flexibility index (Phi) is 7.68. The van der Waals surface area contributed by atoms with Crippen LogP contribution in [0.2, 0.25) is 0 Å². The smallest absolute Gasteiger partial charge is 0.373 e. The highest BCUT2D eigenvalue weighted by molar-refractivity contribution is 8.13. The molecule has 7 nitrogen and oxygen atoms in total. The molecule has 0 unspecified atom stereocenters. The number of methoxy groups -OCH3 is 1. The third kappa shape index (κ3) is 6.25. The van der Waals surface area contributed by atoms with Gasteiger partial charge in [0.25, 0.3) is 0 Å². The van der Waals surface area contributed by atoms with E-state index in [2.05, 4.69) is 14.9 Å². The molecular formula is C22H21N3O4S. The average Bonchev–Trinajstić information content (AvgIpc) is 3.26. The monoisotopic (exact) mass is 423 g/mol. The van der Waals surface area contributed by atoms with Crippen LogP contribution in [0, 0.1) is 0 Å². The third-order valence-electron chi connectivity index (χ3n) is 3.92. The van der Waals surface area contributed by atoms with E-state index in [1.807, 2.05) is 54.6 Å². The number of hydrogen-bond donors (Lipinski definition) is 1. The largest absolute Gasteiger partial charge is 0.485 e. The number of carbonyl (C=O) groups is 1. The molecule has 0 aliphatic heterocycles. The van der Waals surface area contributed by atoms with Gasteiger partial charge in [0.05, 0.1) is 13.3 Å². The third-order valence-corrected chi connectivity index (χ3v) is 4.77. The van der Waals surface area contributed by atoms with E-state index in [1.165, 1.54) is 18.9 Å². The van der Waals surface area contributed by atoms with E-state index in [1.54, 1.807) is 18.3 Å². The summed E-state index contributed by atoms with van der Waals surface area (Å²) in [6, 6.07) is 20.6. The molecule has 3 rings (SSSR count). The Morgan fingerprint density at radius 3 is 2.67 bits per heavy atom. The summed E-state index contributed by atoms with van der Waals surface area (Å²) in [6.07, 6.45) is 1.58. The predicted molar refractivity (Wildman–Crippen MR) is 118 cm³/mol. The average molecular weight is 423 g/mol. The van der Waals surface area contributed by atoms with Crippen molar-refractivity contribution in [3.05, 3.63) is 89.4 Å². The van der Waals surface area contributed by atoms with Gasteiger partial charge in [-0.15, -0.1) is 5.10 Å². The molecule has 0 atom stereocenters. The zero-order valence-electron chi connectivity index (χ0n) is 16.4. The van der Waals surface area contributed by atoms with Gasteiger partial charge in [0, 0.05) is 11.3 Å². The molecule has 0 aliphatic rings. The predicted octanol–water partition coefficient (Wildman–Crippen LogP) is 4.23. The van der Waals surface area contributed by atoms with E-state index in [9.17, 15) is 4.79 Å². The lowest BCUT2D eigenvalue weighted by Gasteiger charge is -2.07. The minimum Gasteiger partial charge on any atom is -0.485 e. The normalized spacial score (nSPS) is 11.6. The minimum absolute atomic E-state index is 0.128. The first-order valence-corrected chi connectivity index (χ1v) is 10.1. The standard InChI is InChI=1S/C22H21N3O4S/c1-27-21(26)20-12-11-18(29-20)14-28-19-10-6-5-9-17(19)13-24-25-22(23)30-15-16-7-3-2-4-8-16/h2-13H,14-15H2,1H3,(H2,23,25). The lowest BCUT2D eigenvalue weighted by molar-refractivity contribution is 0.0561. The Morgan fingerprint density at radius 1 is 1.10 bits per heavy atom. The number of benzene rings is 2. The van der Waals surface area contributed by atoms with Gasteiger partial charge < -0.3 is 19.6 Å². The second-order valence-electron chi connectivity index (χ2n) is 6.04. The quantitative estimate of drug-likeness (QED) is 0.252. The van der Waals surface area contributed by atoms with E-state index < -0.39 is 5.97 Å². The molecule has 3 aromatic rings. The Morgan fingerprint density at radius 2 is 1.87 bits per heavy atom. The number of rotatable bonds is 8. The van der Waals surface area contributed by atoms with Gasteiger partial charge in [-0.3, -0.25) is 0 Å². The van der Waals surface area contributed by atoms with E-state index in [0.717, 1.165) is 16.9 Å². The van der Waals surface area contributed by atoms with Gasteiger partial charge in [0.15, 0.2) is 5.17 Å². The highest BCUT2D eigenvalue weighted by Crippen LogP contribution is 2.19. The molecule has 0 radical (unpaired) electrons. The van der Waals surface area contributed by atoms with Gasteiger partial charge in [-0.25, -0.2) is 4.79 Å². The summed E-state index contributed by atoms with van der Waals surface area (Å²) in [4.78, 5) is 11.5. The fourth-order valence-corrected chi connectivity index (χ4v) is 3.05. The molecule has 8 heteroatoms. The summed E-state index contributed by atoms with van der Waals surface area (Å²) >= 11 is 1.42. The molecular weight excluding hydrogens is 402 g/mol. The Bertz CT molecular complexity index is 1030. The van der Waals surface area contributed by atoms with Crippen LogP contribution in [-0.2, 0) is 17.1 Å². The number of nitrogens with two attached hydrogens (primary N) is 1. The maximum absolute atomic E-state index is 11.5. The Balaban J connectivity index is 1.57. The summed E-state index contributed by atoms with van der Waals surface area (Å²) in [5.41, 5.74) is 7.82. The molecule has 2 aromatic carbocycles. The molecule has 0 bridgehead atoms. The molecule has 154 valence electrons. The van der Waals surface area contributed by atoms with Crippen LogP contribution in [0.15, 0.2) is 81.4 Å². The van der Waals surface area contributed by atoms with Crippen LogP contribution < -0.4 is 10.5 Å². The first-order chi connectivity index (χ1) is 14.7. The van der Waals surface area contributed by atoms with E-state index in [0.29, 0.717) is 16.7 Å². The van der Waals surface area contributed by atoms with Crippen molar-refractivity contribution >= 4 is 29.1 Å². The molecule has 0 saturated heterocycles. The highest BCUT2D eigenvalue weighted by atomic mass is 32.2. The van der Waals surface area contributed by atoms with Crippen molar-refractivity contribution in [1.29, 1.82) is 0 Å². The van der Waals surface area contributed by atoms with Crippen molar-refractivity contribution in [2.75, 3.05) is 7.11 Å². The van der Waals surface area contributed by atoms with Crippen molar-refractivity contribution in [3.8, 4) is 5.75 Å². The summed E-state index contributed by atoms with van der Waals surface area (Å²) in [6.45, 7) is 0.153. The summed E-state index contributed by atoms with van der Waals surface area (Å²) < 4.78 is 15.8. The molecule has 1 aromatic heterocycles. The number of amidine groups is 1. The first kappa shape index (κ1) is 21.2. The first-order valence-electron chi connectivity index (χ1n) is 9.08. The molecule has 0 fully saturated rings. The van der Waals surface area contributed by atoms with E-state index in [4.69, 9.17) is 14.9 Å². The van der Waals surface area contributed by atoms with Crippen LogP contribution in [0.4, 0.5) is 0 Å². The fourth-order valence-electron chi connectivity index (χ4n) is 2.44. The Labute approximate surface area is 178 Å². The lowest BCUT2D eigenvalue weighted by atomic mass is 10.2. The lowest BCUT2D eigenvalue weighted by Crippen LogP contribution is -2.06. The number of esters is 1. The van der Waals surface area contributed by atoms with Crippen LogP contribution in [-0.4, -0.2) is 24.5 Å². The van der Waals surface area contributed by atoms with Crippen LogP contribution in [0.3, 0.4) is 0 Å². The van der Waals surface area contributed by atoms with Crippen molar-refractivity contribution in [2.24, 2.45) is 15.9 Å². The highest BCUT2D eigenvalue weighted by Gasteiger charge is 2.11. The molecule has 1 heterocycles. The van der Waals surface area contributed by atoms with E-state index >= 15 is 0 Å². The minimum atomic E-state index is -0.533. The second kappa shape index (κ2) is 10.9. The maximum atomic E-state index is 11.5. The number of nitrogens with zero attached hydrogens (tertiary/aromatic N) is 2. The van der Waals surface area contributed by atoms with E-state index in [-0.39, 0.29) is 12.4 Å². The van der Waals surface area contributed by atoms with Crippen LogP contribution in [0.1, 0.15) is 27.4 Å². The summed E-state index contributed by atoms with van der Waals surface area (Å²) in [5, 5.41) is 8.46. The van der Waals surface area contributed by atoms with Crippen molar-refractivity contribution in [1.82, 2.24) is 0 Å². The number of carbonyl (C=O) groups excluding carboxylic acids is 1. The summed E-state index contributed by atoms with van der Waals surface area (Å²) in [5.74, 6) is 1.42. The topological polar surface area (TPSA) is 99.4 Å². The summed E-state index contributed by atoms with van der Waals surface area (Å²) in [7, 11) is 1.30. The molecule has 0 spiro atoms. The number of para-hydroxylation sites is 1. The van der Waals surface area contributed by atoms with Gasteiger partial charge >= 0.3 is 5.97 Å². The Hall–Kier alpha value is -3.52. The van der Waals surface area contributed by atoms with Gasteiger partial charge in [-0.1, -0.05) is 54.2 Å². The van der Waals surface area contributed by atoms with Crippen LogP contribution in [0.25, 0.3) is 0 Å². The molecule has 0 saturated carbocycles. The van der Waals surface area contributed by atoms with Gasteiger partial charge in [-0.05, 0) is 29.8 Å². The number of hydrogen-bond acceptors (Lipinski definition) is 7. The van der Waals surface area contributed by atoms with Gasteiger partial charge in [-0.2, -0.15) is 5.10 Å². The SMILES string of the molecule is COC(=O)c1ccc(COc2ccccc2C=NN=C(N)SCc2ccccc2)o1. The fraction of sp³-hybridized carbons (Fsp3) is 0.136. The van der Waals surface area contributed by atoms with Crippen molar-refractivity contribution in [2.45, 2.75) is 12.4 Å². The zero-order valence-corrected chi connectivity index (χ0v) is 17.2. The molecule has 2 N–H and O–H groups in total. The van der Waals surface area contributed by atoms with Crippen LogP contribution >= 0.6 is 11.8 Å². The van der Waals surface area contributed by atoms with Crippen molar-refractivity contribution < 1.29 is 18.7 Å². The second-order valence-corrected chi connectivity index (χ2v) is 7.04. The van der Waals surface area contributed by atoms with Crippen molar-refractivity contribution in [3.63, 3.8) is 0 Å². The van der Waals surface area contributed by atoms with Gasteiger partial charge in [0.2, 0.25) is 5.76 Å². The number of ether oxygens (including phenoxy) is 2.